The minimum absolute atomic E-state index is 0.0341. The fraction of sp³-hybridized carbons (Fsp3) is 0.0833. The molecule has 29 heavy (non-hydrogen) atoms. The summed E-state index contributed by atoms with van der Waals surface area (Å²) in [6.45, 7) is 2.65. The SMILES string of the molecule is CCOc1ccc(-c2ccc(C3=NC(C4=CC=C4)=C4C=NC=C[N+]34N)cc2)cc1. The zero-order valence-corrected chi connectivity index (χ0v) is 16.1. The number of hydrogen-bond donors (Lipinski definition) is 1. The zero-order valence-electron chi connectivity index (χ0n) is 16.1. The van der Waals surface area contributed by atoms with E-state index in [0.29, 0.717) is 6.61 Å². The van der Waals surface area contributed by atoms with E-state index >= 15 is 0 Å². The van der Waals surface area contributed by atoms with Crippen molar-refractivity contribution >= 4 is 12.1 Å². The van der Waals surface area contributed by atoms with E-state index in [1.807, 2.05) is 43.5 Å². The lowest BCUT2D eigenvalue weighted by atomic mass is 10.0. The number of ether oxygens (including phenoxy) is 1. The van der Waals surface area contributed by atoms with Crippen molar-refractivity contribution in [3.05, 3.63) is 102 Å². The van der Waals surface area contributed by atoms with Gasteiger partial charge in [0.2, 0.25) is 5.70 Å². The Kier molecular flexibility index (Phi) is 4.12. The summed E-state index contributed by atoms with van der Waals surface area (Å²) in [5, 5.41) is 0. The molecule has 2 N–H and O–H groups in total. The second-order valence-electron chi connectivity index (χ2n) is 7.04. The minimum atomic E-state index is 0.0341. The number of amidine groups is 1. The van der Waals surface area contributed by atoms with Crippen LogP contribution >= 0.6 is 0 Å². The average Bonchev–Trinajstić information content (AvgIpc) is 3.01. The van der Waals surface area contributed by atoms with Crippen LogP contribution in [0.15, 0.2) is 106 Å². The van der Waals surface area contributed by atoms with Crippen LogP contribution in [0.2, 0.25) is 0 Å². The summed E-state index contributed by atoms with van der Waals surface area (Å²) in [5.41, 5.74) is 6.10. The molecule has 0 aromatic heterocycles. The van der Waals surface area contributed by atoms with E-state index in [1.165, 1.54) is 0 Å². The van der Waals surface area contributed by atoms with E-state index in [1.54, 1.807) is 12.4 Å². The van der Waals surface area contributed by atoms with Gasteiger partial charge in [-0.2, -0.15) is 10.8 Å². The van der Waals surface area contributed by atoms with Crippen LogP contribution in [0, 0.1) is 0 Å². The molecule has 1 unspecified atom stereocenters. The molecule has 2 aliphatic heterocycles. The standard InChI is InChI=1S/C24H21N4O/c1-2-29-21-12-10-18(11-13-21)17-6-8-20(9-7-17)24-27-23(19-4-3-5-19)22-16-26-14-15-28(22,24)25/h3-16H,2,25H2,1H3/q+1. The Labute approximate surface area is 169 Å². The number of benzene rings is 2. The van der Waals surface area contributed by atoms with Gasteiger partial charge in [0.1, 0.15) is 17.6 Å². The Hall–Kier alpha value is -3.54. The number of aliphatic imine (C=N–C) groups is 2. The van der Waals surface area contributed by atoms with Crippen LogP contribution < -0.4 is 10.6 Å². The maximum absolute atomic E-state index is 6.75. The topological polar surface area (TPSA) is 60.0 Å². The van der Waals surface area contributed by atoms with Gasteiger partial charge in [-0.3, -0.25) is 4.99 Å². The van der Waals surface area contributed by atoms with Crippen molar-refractivity contribution in [2.45, 2.75) is 6.92 Å². The predicted molar refractivity (Wildman–Crippen MR) is 116 cm³/mol. The van der Waals surface area contributed by atoms with Crippen LogP contribution in [-0.2, 0) is 0 Å². The van der Waals surface area contributed by atoms with Crippen LogP contribution in [-0.4, -0.2) is 23.2 Å². The average molecular weight is 381 g/mol. The van der Waals surface area contributed by atoms with Crippen LogP contribution in [0.4, 0.5) is 0 Å². The van der Waals surface area contributed by atoms with Gasteiger partial charge < -0.3 is 4.74 Å². The van der Waals surface area contributed by atoms with Gasteiger partial charge in [-0.05, 0) is 42.3 Å². The molecule has 2 aromatic rings. The normalized spacial score (nSPS) is 21.6. The van der Waals surface area contributed by atoms with E-state index < -0.39 is 0 Å². The molecule has 5 heteroatoms. The van der Waals surface area contributed by atoms with Crippen LogP contribution in [0.3, 0.4) is 0 Å². The number of rotatable bonds is 5. The largest absolute Gasteiger partial charge is 0.494 e. The molecule has 0 bridgehead atoms. The maximum atomic E-state index is 6.75. The molecule has 142 valence electrons. The Morgan fingerprint density at radius 3 is 2.24 bits per heavy atom. The fourth-order valence-electron chi connectivity index (χ4n) is 3.66. The third-order valence-electron chi connectivity index (χ3n) is 5.26. The highest BCUT2D eigenvalue weighted by atomic mass is 16.5. The van der Waals surface area contributed by atoms with E-state index in [4.69, 9.17) is 15.6 Å². The quantitative estimate of drug-likeness (QED) is 0.614. The van der Waals surface area contributed by atoms with Gasteiger partial charge in [-0.1, -0.05) is 42.5 Å². The zero-order chi connectivity index (χ0) is 19.8. The molecular formula is C24H21N4O+. The third-order valence-corrected chi connectivity index (χ3v) is 5.26. The van der Waals surface area contributed by atoms with Crippen molar-refractivity contribution in [2.24, 2.45) is 15.8 Å². The van der Waals surface area contributed by atoms with Crippen LogP contribution in [0.5, 0.6) is 5.75 Å². The molecule has 0 fully saturated rings. The smallest absolute Gasteiger partial charge is 0.265 e. The second-order valence-corrected chi connectivity index (χ2v) is 7.04. The van der Waals surface area contributed by atoms with E-state index in [0.717, 1.165) is 45.2 Å². The lowest BCUT2D eigenvalue weighted by Crippen LogP contribution is -2.53. The molecule has 1 aliphatic carbocycles. The van der Waals surface area contributed by atoms with Crippen LogP contribution in [0.1, 0.15) is 12.5 Å². The Balaban J connectivity index is 1.47. The molecule has 5 nitrogen and oxygen atoms in total. The number of fused-ring (bicyclic) bond motifs is 1. The van der Waals surface area contributed by atoms with Crippen molar-refractivity contribution in [3.8, 4) is 16.9 Å². The van der Waals surface area contributed by atoms with Gasteiger partial charge in [0.15, 0.2) is 0 Å². The summed E-state index contributed by atoms with van der Waals surface area (Å²) in [6, 6.07) is 16.5. The van der Waals surface area contributed by atoms with E-state index in [2.05, 4.69) is 41.4 Å². The molecule has 2 aromatic carbocycles. The Bertz CT molecular complexity index is 1150. The molecule has 0 saturated carbocycles. The molecule has 0 saturated heterocycles. The first-order chi connectivity index (χ1) is 14.2. The number of allylic oxidation sites excluding steroid dienone is 4. The van der Waals surface area contributed by atoms with Crippen molar-refractivity contribution in [1.29, 1.82) is 0 Å². The van der Waals surface area contributed by atoms with Crippen molar-refractivity contribution in [2.75, 3.05) is 6.61 Å². The molecule has 0 spiro atoms. The van der Waals surface area contributed by atoms with Crippen molar-refractivity contribution in [3.63, 3.8) is 0 Å². The molecule has 0 amide bonds. The van der Waals surface area contributed by atoms with E-state index in [-0.39, 0.29) is 4.59 Å². The first kappa shape index (κ1) is 17.6. The minimum Gasteiger partial charge on any atom is -0.494 e. The van der Waals surface area contributed by atoms with Crippen molar-refractivity contribution < 1.29 is 9.33 Å². The highest BCUT2D eigenvalue weighted by molar-refractivity contribution is 6.01. The fourth-order valence-corrected chi connectivity index (χ4v) is 3.66. The number of nitrogens with zero attached hydrogens (tertiary/aromatic N) is 3. The first-order valence-electron chi connectivity index (χ1n) is 9.64. The first-order valence-corrected chi connectivity index (χ1v) is 9.64. The number of quaternary nitrogens is 1. The summed E-state index contributed by atoms with van der Waals surface area (Å²) in [7, 11) is 0. The van der Waals surface area contributed by atoms with Crippen molar-refractivity contribution in [1.82, 2.24) is 0 Å². The van der Waals surface area contributed by atoms with Gasteiger partial charge >= 0.3 is 0 Å². The molecule has 3 aliphatic rings. The van der Waals surface area contributed by atoms with Gasteiger partial charge in [0, 0.05) is 5.57 Å². The lowest BCUT2D eigenvalue weighted by Gasteiger charge is -2.26. The highest BCUT2D eigenvalue weighted by Gasteiger charge is 2.44. The van der Waals surface area contributed by atoms with Crippen LogP contribution in [0.25, 0.3) is 11.1 Å². The predicted octanol–water partition coefficient (Wildman–Crippen LogP) is 4.47. The van der Waals surface area contributed by atoms with E-state index in [9.17, 15) is 0 Å². The van der Waals surface area contributed by atoms with Gasteiger partial charge in [0.05, 0.1) is 24.6 Å². The second kappa shape index (κ2) is 6.81. The Morgan fingerprint density at radius 1 is 0.966 bits per heavy atom. The molecule has 5 rings (SSSR count). The number of nitrogens with two attached hydrogens (primary N) is 1. The Morgan fingerprint density at radius 2 is 1.62 bits per heavy atom. The monoisotopic (exact) mass is 381 g/mol. The molecule has 2 heterocycles. The number of hydrogen-bond acceptors (Lipinski definition) is 4. The maximum Gasteiger partial charge on any atom is 0.265 e. The molecule has 0 radical (unpaired) electrons. The summed E-state index contributed by atoms with van der Waals surface area (Å²) in [4.78, 5) is 9.16. The third kappa shape index (κ3) is 2.88. The highest BCUT2D eigenvalue weighted by Crippen LogP contribution is 2.36. The summed E-state index contributed by atoms with van der Waals surface area (Å²) in [5.74, 6) is 8.42. The molecular weight excluding hydrogens is 360 g/mol. The lowest BCUT2D eigenvalue weighted by molar-refractivity contribution is -0.750. The van der Waals surface area contributed by atoms with Gasteiger partial charge in [0.25, 0.3) is 5.84 Å². The summed E-state index contributed by atoms with van der Waals surface area (Å²) in [6.07, 6.45) is 11.5. The van der Waals surface area contributed by atoms with Gasteiger partial charge in [-0.25, -0.2) is 0 Å². The summed E-state index contributed by atoms with van der Waals surface area (Å²) < 4.78 is 5.56. The summed E-state index contributed by atoms with van der Waals surface area (Å²) >= 11 is 0. The molecule has 1 atom stereocenters. The van der Waals surface area contributed by atoms with Gasteiger partial charge in [-0.15, -0.1) is 4.59 Å².